The van der Waals surface area contributed by atoms with Gasteiger partial charge in [0.1, 0.15) is 5.82 Å². The average molecular weight is 429 g/mol. The van der Waals surface area contributed by atoms with Crippen LogP contribution >= 0.6 is 0 Å². The minimum absolute atomic E-state index is 0.486. The van der Waals surface area contributed by atoms with Gasteiger partial charge in [-0.3, -0.25) is 9.88 Å². The number of nitrogens with zero attached hydrogens (tertiary/aromatic N) is 3. The van der Waals surface area contributed by atoms with Gasteiger partial charge in [-0.25, -0.2) is 4.98 Å². The van der Waals surface area contributed by atoms with E-state index < -0.39 is 11.7 Å². The fourth-order valence-corrected chi connectivity index (χ4v) is 3.88. The zero-order valence-electron chi connectivity index (χ0n) is 17.4. The van der Waals surface area contributed by atoms with E-state index in [4.69, 9.17) is 0 Å². The Labute approximate surface area is 179 Å². The Morgan fingerprint density at radius 2 is 1.87 bits per heavy atom. The van der Waals surface area contributed by atoms with Gasteiger partial charge in [-0.05, 0) is 43.5 Å². The van der Waals surface area contributed by atoms with E-state index >= 15 is 0 Å². The highest BCUT2D eigenvalue weighted by atomic mass is 19.4. The Morgan fingerprint density at radius 1 is 1.13 bits per heavy atom. The second-order valence-electron chi connectivity index (χ2n) is 8.02. The Kier molecular flexibility index (Phi) is 6.38. The molecule has 0 amide bonds. The Morgan fingerprint density at radius 3 is 2.52 bits per heavy atom. The predicted molar refractivity (Wildman–Crippen MR) is 113 cm³/mol. The van der Waals surface area contributed by atoms with Gasteiger partial charge in [-0.1, -0.05) is 18.2 Å². The molecule has 0 spiro atoms. The van der Waals surface area contributed by atoms with E-state index in [1.54, 1.807) is 6.20 Å². The monoisotopic (exact) mass is 429 g/mol. The molecular weight excluding hydrogens is 403 g/mol. The van der Waals surface area contributed by atoms with Gasteiger partial charge in [-0.2, -0.15) is 13.2 Å². The molecule has 2 aromatic heterocycles. The van der Waals surface area contributed by atoms with Crippen molar-refractivity contribution in [1.29, 1.82) is 0 Å². The summed E-state index contributed by atoms with van der Waals surface area (Å²) in [5.41, 5.74) is 3.08. The summed E-state index contributed by atoms with van der Waals surface area (Å²) in [6.45, 7) is 5.48. The molecule has 0 bridgehead atoms. The molecule has 31 heavy (non-hydrogen) atoms. The fraction of sp³-hybridized carbons (Fsp3) is 0.391. The summed E-state index contributed by atoms with van der Waals surface area (Å²) < 4.78 is 38.3. The van der Waals surface area contributed by atoms with Crippen molar-refractivity contribution in [3.05, 3.63) is 71.3 Å². The lowest BCUT2D eigenvalue weighted by molar-refractivity contribution is -0.137. The second kappa shape index (κ2) is 9.20. The number of aromatic amines is 1. The number of alkyl halides is 3. The molecular formula is C23H26F3N5. The first-order valence-electron chi connectivity index (χ1n) is 10.5. The van der Waals surface area contributed by atoms with Crippen molar-refractivity contribution in [2.24, 2.45) is 0 Å². The summed E-state index contributed by atoms with van der Waals surface area (Å²) in [5, 5.41) is 3.61. The van der Waals surface area contributed by atoms with Crippen LogP contribution in [0.25, 0.3) is 11.4 Å². The Hall–Kier alpha value is -2.71. The van der Waals surface area contributed by atoms with E-state index in [1.165, 1.54) is 17.7 Å². The second-order valence-corrected chi connectivity index (χ2v) is 8.02. The van der Waals surface area contributed by atoms with Crippen LogP contribution in [-0.2, 0) is 19.3 Å². The minimum atomic E-state index is -4.33. The van der Waals surface area contributed by atoms with Gasteiger partial charge in [0.15, 0.2) is 0 Å². The number of pyridine rings is 1. The molecule has 0 atom stereocenters. The zero-order chi connectivity index (χ0) is 21.8. The highest BCUT2D eigenvalue weighted by Crippen LogP contribution is 2.30. The summed E-state index contributed by atoms with van der Waals surface area (Å²) in [6.07, 6.45) is 1.46. The predicted octanol–water partition coefficient (Wildman–Crippen LogP) is 4.55. The van der Waals surface area contributed by atoms with E-state index in [-0.39, 0.29) is 0 Å². The number of hydrogen-bond acceptors (Lipinski definition) is 4. The van der Waals surface area contributed by atoms with E-state index in [2.05, 4.69) is 31.2 Å². The molecule has 3 heterocycles. The molecule has 1 saturated heterocycles. The molecule has 2 N–H and O–H groups in total. The van der Waals surface area contributed by atoms with Crippen LogP contribution in [0.15, 0.2) is 48.8 Å². The lowest BCUT2D eigenvalue weighted by atomic mass is 10.0. The lowest BCUT2D eigenvalue weighted by Crippen LogP contribution is -2.42. The number of rotatable bonds is 6. The Bertz CT molecular complexity index is 975. The highest BCUT2D eigenvalue weighted by molar-refractivity contribution is 5.56. The molecule has 1 aliphatic heterocycles. The number of piperidine rings is 1. The number of aryl methyl sites for hydroxylation is 1. The van der Waals surface area contributed by atoms with Crippen molar-refractivity contribution in [3.8, 4) is 11.4 Å². The van der Waals surface area contributed by atoms with Crippen LogP contribution in [0.3, 0.4) is 0 Å². The van der Waals surface area contributed by atoms with E-state index in [1.807, 2.05) is 19.2 Å². The molecule has 1 aliphatic rings. The van der Waals surface area contributed by atoms with Crippen LogP contribution in [0.2, 0.25) is 0 Å². The van der Waals surface area contributed by atoms with Crippen LogP contribution in [0.4, 0.5) is 13.2 Å². The SMILES string of the molecule is Cc1[nH]c(-c2ccc(C(F)(F)F)cc2)nc1CN1CCC(NCc2cccnc2)CC1. The molecule has 8 heteroatoms. The van der Waals surface area contributed by atoms with Crippen molar-refractivity contribution in [3.63, 3.8) is 0 Å². The quantitative estimate of drug-likeness (QED) is 0.604. The molecule has 1 fully saturated rings. The van der Waals surface area contributed by atoms with Crippen LogP contribution in [0, 0.1) is 6.92 Å². The van der Waals surface area contributed by atoms with Gasteiger partial charge in [0, 0.05) is 55.9 Å². The molecule has 0 saturated carbocycles. The number of halogens is 3. The number of imidazole rings is 1. The summed E-state index contributed by atoms with van der Waals surface area (Å²) >= 11 is 0. The maximum Gasteiger partial charge on any atom is 0.416 e. The molecule has 1 aromatic carbocycles. The van der Waals surface area contributed by atoms with Crippen LogP contribution < -0.4 is 5.32 Å². The van der Waals surface area contributed by atoms with Crippen molar-refractivity contribution < 1.29 is 13.2 Å². The molecule has 164 valence electrons. The fourth-order valence-electron chi connectivity index (χ4n) is 3.88. The van der Waals surface area contributed by atoms with E-state index in [0.717, 1.165) is 62.5 Å². The van der Waals surface area contributed by atoms with E-state index in [9.17, 15) is 13.2 Å². The third-order valence-corrected chi connectivity index (χ3v) is 5.75. The van der Waals surface area contributed by atoms with Gasteiger partial charge in [-0.15, -0.1) is 0 Å². The smallest absolute Gasteiger partial charge is 0.342 e. The first-order chi connectivity index (χ1) is 14.9. The van der Waals surface area contributed by atoms with Gasteiger partial charge >= 0.3 is 6.18 Å². The molecule has 0 unspecified atom stereocenters. The molecule has 5 nitrogen and oxygen atoms in total. The van der Waals surface area contributed by atoms with Crippen molar-refractivity contribution in [2.45, 2.75) is 45.1 Å². The minimum Gasteiger partial charge on any atom is -0.342 e. The van der Waals surface area contributed by atoms with Crippen LogP contribution in [0.1, 0.15) is 35.4 Å². The zero-order valence-corrected chi connectivity index (χ0v) is 17.4. The van der Waals surface area contributed by atoms with Crippen LogP contribution in [-0.4, -0.2) is 39.0 Å². The molecule has 4 rings (SSSR count). The summed E-state index contributed by atoms with van der Waals surface area (Å²) in [4.78, 5) is 14.4. The first-order valence-corrected chi connectivity index (χ1v) is 10.5. The van der Waals surface area contributed by atoms with E-state index in [0.29, 0.717) is 17.4 Å². The maximum absolute atomic E-state index is 12.8. The third kappa shape index (κ3) is 5.51. The van der Waals surface area contributed by atoms with Crippen molar-refractivity contribution in [1.82, 2.24) is 25.2 Å². The standard InChI is InChI=1S/C23H26F3N5/c1-16-21(30-22(29-16)18-4-6-19(7-5-18)23(24,25)26)15-31-11-8-20(9-12-31)28-14-17-3-2-10-27-13-17/h2-7,10,13,20,28H,8-9,11-12,14-15H2,1H3,(H,29,30). The van der Waals surface area contributed by atoms with Gasteiger partial charge < -0.3 is 10.3 Å². The normalized spacial score (nSPS) is 16.0. The Balaban J connectivity index is 1.31. The van der Waals surface area contributed by atoms with Gasteiger partial charge in [0.05, 0.1) is 11.3 Å². The molecule has 0 aliphatic carbocycles. The molecule has 0 radical (unpaired) electrons. The topological polar surface area (TPSA) is 56.8 Å². The number of H-pyrrole nitrogens is 1. The summed E-state index contributed by atoms with van der Waals surface area (Å²) in [6, 6.07) is 9.62. The van der Waals surface area contributed by atoms with Gasteiger partial charge in [0.25, 0.3) is 0 Å². The lowest BCUT2D eigenvalue weighted by Gasteiger charge is -2.32. The third-order valence-electron chi connectivity index (χ3n) is 5.75. The largest absolute Gasteiger partial charge is 0.416 e. The number of hydrogen-bond donors (Lipinski definition) is 2. The average Bonchev–Trinajstić information content (AvgIpc) is 3.14. The molecule has 3 aromatic rings. The van der Waals surface area contributed by atoms with Crippen molar-refractivity contribution in [2.75, 3.05) is 13.1 Å². The number of benzene rings is 1. The number of nitrogens with one attached hydrogen (secondary N) is 2. The van der Waals surface area contributed by atoms with Crippen LogP contribution in [0.5, 0.6) is 0 Å². The number of likely N-dealkylation sites (tertiary alicyclic amines) is 1. The maximum atomic E-state index is 12.8. The van der Waals surface area contributed by atoms with Gasteiger partial charge in [0.2, 0.25) is 0 Å². The number of aromatic nitrogens is 3. The van der Waals surface area contributed by atoms with Crippen molar-refractivity contribution >= 4 is 0 Å². The highest BCUT2D eigenvalue weighted by Gasteiger charge is 2.30. The first kappa shape index (κ1) is 21.5. The summed E-state index contributed by atoms with van der Waals surface area (Å²) in [5.74, 6) is 0.606. The summed E-state index contributed by atoms with van der Waals surface area (Å²) in [7, 11) is 0.